The molecule has 2 aromatic rings. The molecule has 0 radical (unpaired) electrons. The van der Waals surface area contributed by atoms with Crippen LogP contribution in [0.1, 0.15) is 116 Å². The third-order valence-electron chi connectivity index (χ3n) is 8.75. The lowest BCUT2D eigenvalue weighted by atomic mass is 9.93. The molecule has 43 heavy (non-hydrogen) atoms. The van der Waals surface area contributed by atoms with Crippen molar-refractivity contribution in [1.82, 2.24) is 0 Å². The molecule has 0 N–H and O–H groups in total. The zero-order valence-corrected chi connectivity index (χ0v) is 26.9. The summed E-state index contributed by atoms with van der Waals surface area (Å²) in [5.41, 5.74) is 2.75. The molecule has 3 unspecified atom stereocenters. The van der Waals surface area contributed by atoms with Crippen LogP contribution in [-0.2, 0) is 19.1 Å². The minimum atomic E-state index is -1.15. The van der Waals surface area contributed by atoms with E-state index in [1.54, 1.807) is 13.0 Å². The minimum Gasteiger partial charge on any atom is -0.494 e. The summed E-state index contributed by atoms with van der Waals surface area (Å²) in [7, 11) is 0. The van der Waals surface area contributed by atoms with Crippen molar-refractivity contribution in [1.29, 1.82) is 0 Å². The fourth-order valence-electron chi connectivity index (χ4n) is 5.75. The lowest BCUT2D eigenvalue weighted by molar-refractivity contribution is -0.165. The number of esters is 2. The van der Waals surface area contributed by atoms with Gasteiger partial charge in [0, 0.05) is 5.92 Å². The van der Waals surface area contributed by atoms with Crippen LogP contribution in [0.5, 0.6) is 5.75 Å². The fourth-order valence-corrected chi connectivity index (χ4v) is 5.75. The van der Waals surface area contributed by atoms with Gasteiger partial charge in [0.1, 0.15) is 5.75 Å². The highest BCUT2D eigenvalue weighted by Crippen LogP contribution is 2.55. The van der Waals surface area contributed by atoms with E-state index in [-0.39, 0.29) is 12.5 Å². The zero-order chi connectivity index (χ0) is 30.9. The molecule has 2 aromatic carbocycles. The van der Waals surface area contributed by atoms with E-state index in [4.69, 9.17) is 14.2 Å². The summed E-state index contributed by atoms with van der Waals surface area (Å²) in [5.74, 6) is 0.418. The van der Waals surface area contributed by atoms with Crippen LogP contribution in [0.3, 0.4) is 0 Å². The lowest BCUT2D eigenvalue weighted by Crippen LogP contribution is -2.31. The highest BCUT2D eigenvalue weighted by molar-refractivity contribution is 6.04. The fraction of sp³-hybridized carbons (Fsp3) is 0.579. The maximum atomic E-state index is 12.5. The molecule has 5 heteroatoms. The zero-order valence-electron chi connectivity index (χ0n) is 26.9. The number of hydrogen-bond donors (Lipinski definition) is 0. The van der Waals surface area contributed by atoms with Crippen LogP contribution >= 0.6 is 0 Å². The van der Waals surface area contributed by atoms with Gasteiger partial charge in [0.25, 0.3) is 0 Å². The SMILES string of the molecule is C=CC1CC1(C(=O)OCC)C(=O)OCCCCCCCCCOc1ccc(-c2ccc(C(C)CCCCCC)cc2)cc1. The van der Waals surface area contributed by atoms with Gasteiger partial charge in [-0.1, -0.05) is 114 Å². The topological polar surface area (TPSA) is 61.8 Å². The summed E-state index contributed by atoms with van der Waals surface area (Å²) < 4.78 is 16.5. The van der Waals surface area contributed by atoms with Crippen LogP contribution in [0.25, 0.3) is 11.1 Å². The van der Waals surface area contributed by atoms with Gasteiger partial charge in [0.15, 0.2) is 5.41 Å². The quantitative estimate of drug-likeness (QED) is 0.0591. The molecule has 0 heterocycles. The van der Waals surface area contributed by atoms with Crippen molar-refractivity contribution in [2.45, 2.75) is 110 Å². The molecule has 1 aliphatic carbocycles. The van der Waals surface area contributed by atoms with Crippen molar-refractivity contribution in [2.24, 2.45) is 11.3 Å². The Morgan fingerprint density at radius 2 is 1.35 bits per heavy atom. The number of benzene rings is 2. The lowest BCUT2D eigenvalue weighted by Gasteiger charge is -2.14. The van der Waals surface area contributed by atoms with Crippen LogP contribution in [0.15, 0.2) is 61.2 Å². The summed E-state index contributed by atoms with van der Waals surface area (Å²) in [5, 5.41) is 0. The molecule has 1 aliphatic rings. The first-order valence-corrected chi connectivity index (χ1v) is 16.8. The van der Waals surface area contributed by atoms with Crippen molar-refractivity contribution in [3.63, 3.8) is 0 Å². The predicted octanol–water partition coefficient (Wildman–Crippen LogP) is 9.84. The smallest absolute Gasteiger partial charge is 0.324 e. The molecular formula is C38H54O5. The van der Waals surface area contributed by atoms with E-state index in [9.17, 15) is 9.59 Å². The Labute approximate surface area is 260 Å². The summed E-state index contributed by atoms with van der Waals surface area (Å²) in [6.45, 7) is 11.4. The Kier molecular flexibility index (Phi) is 14.8. The summed E-state index contributed by atoms with van der Waals surface area (Å²) >= 11 is 0. The van der Waals surface area contributed by atoms with Crippen molar-refractivity contribution in [2.75, 3.05) is 19.8 Å². The van der Waals surface area contributed by atoms with Crippen molar-refractivity contribution in [3.8, 4) is 16.9 Å². The van der Waals surface area contributed by atoms with E-state index in [1.807, 2.05) is 0 Å². The molecular weight excluding hydrogens is 536 g/mol. The Balaban J connectivity index is 1.22. The number of carbonyl (C=O) groups excluding carboxylic acids is 2. The van der Waals surface area contributed by atoms with Crippen LogP contribution in [0, 0.1) is 11.3 Å². The van der Waals surface area contributed by atoms with Gasteiger partial charge < -0.3 is 14.2 Å². The number of hydrogen-bond acceptors (Lipinski definition) is 5. The maximum Gasteiger partial charge on any atom is 0.324 e. The van der Waals surface area contributed by atoms with E-state index in [0.717, 1.165) is 50.9 Å². The van der Waals surface area contributed by atoms with Gasteiger partial charge in [-0.15, -0.1) is 6.58 Å². The van der Waals surface area contributed by atoms with Gasteiger partial charge >= 0.3 is 11.9 Å². The molecule has 0 bridgehead atoms. The van der Waals surface area contributed by atoms with Crippen LogP contribution in [-0.4, -0.2) is 31.8 Å². The minimum absolute atomic E-state index is 0.177. The molecule has 1 saturated carbocycles. The molecule has 0 aromatic heterocycles. The Morgan fingerprint density at radius 3 is 1.93 bits per heavy atom. The molecule has 3 atom stereocenters. The van der Waals surface area contributed by atoms with Crippen molar-refractivity contribution in [3.05, 3.63) is 66.7 Å². The first-order chi connectivity index (χ1) is 21.0. The third-order valence-corrected chi connectivity index (χ3v) is 8.75. The van der Waals surface area contributed by atoms with Crippen molar-refractivity contribution < 1.29 is 23.8 Å². The Hall–Kier alpha value is -3.08. The molecule has 236 valence electrons. The number of carbonyl (C=O) groups is 2. The average Bonchev–Trinajstić information content (AvgIpc) is 3.78. The van der Waals surface area contributed by atoms with Gasteiger partial charge in [-0.2, -0.15) is 0 Å². The number of rotatable bonds is 22. The predicted molar refractivity (Wildman–Crippen MR) is 175 cm³/mol. The van der Waals surface area contributed by atoms with E-state index in [0.29, 0.717) is 18.9 Å². The molecule has 0 saturated heterocycles. The summed E-state index contributed by atoms with van der Waals surface area (Å²) in [6, 6.07) is 17.5. The van der Waals surface area contributed by atoms with Crippen LogP contribution in [0.2, 0.25) is 0 Å². The Morgan fingerprint density at radius 1 is 0.791 bits per heavy atom. The second kappa shape index (κ2) is 18.6. The third kappa shape index (κ3) is 10.5. The van der Waals surface area contributed by atoms with Gasteiger partial charge in [0.05, 0.1) is 19.8 Å². The van der Waals surface area contributed by atoms with Gasteiger partial charge in [-0.25, -0.2) is 0 Å². The van der Waals surface area contributed by atoms with Crippen LogP contribution < -0.4 is 4.74 Å². The second-order valence-corrected chi connectivity index (χ2v) is 12.1. The Bertz CT molecular complexity index is 1110. The van der Waals surface area contributed by atoms with Gasteiger partial charge in [-0.05, 0) is 67.3 Å². The maximum absolute atomic E-state index is 12.5. The monoisotopic (exact) mass is 590 g/mol. The second-order valence-electron chi connectivity index (χ2n) is 12.1. The van der Waals surface area contributed by atoms with Crippen molar-refractivity contribution >= 4 is 11.9 Å². The summed E-state index contributed by atoms with van der Waals surface area (Å²) in [6.07, 6.45) is 16.1. The van der Waals surface area contributed by atoms with Crippen LogP contribution in [0.4, 0.5) is 0 Å². The van der Waals surface area contributed by atoms with Gasteiger partial charge in [0.2, 0.25) is 0 Å². The van der Waals surface area contributed by atoms with E-state index < -0.39 is 17.4 Å². The highest BCUT2D eigenvalue weighted by Gasteiger charge is 2.67. The molecule has 0 aliphatic heterocycles. The first-order valence-electron chi connectivity index (χ1n) is 16.8. The van der Waals surface area contributed by atoms with E-state index >= 15 is 0 Å². The highest BCUT2D eigenvalue weighted by atomic mass is 16.6. The molecule has 3 rings (SSSR count). The molecule has 1 fully saturated rings. The van der Waals surface area contributed by atoms with E-state index in [1.165, 1.54) is 55.2 Å². The number of allylic oxidation sites excluding steroid dienone is 1. The summed E-state index contributed by atoms with van der Waals surface area (Å²) in [4.78, 5) is 24.8. The molecule has 0 amide bonds. The standard InChI is InChI=1S/C38H54O5/c1-5-8-9-15-18-30(4)31-19-21-32(22-20-31)33-23-25-35(26-24-33)42-27-16-13-11-10-12-14-17-28-43-37(40)38(29-34(38)6-2)36(39)41-7-3/h6,19-26,30,34H,2,5,7-18,27-29H2,1,3-4H3. The number of ether oxygens (including phenoxy) is 3. The first kappa shape index (κ1) is 34.4. The van der Waals surface area contributed by atoms with Gasteiger partial charge in [-0.3, -0.25) is 9.59 Å². The molecule has 5 nitrogen and oxygen atoms in total. The normalized spacial score (nSPS) is 18.1. The van der Waals surface area contributed by atoms with E-state index in [2.05, 4.69) is 69.0 Å². The molecule has 0 spiro atoms. The number of unbranched alkanes of at least 4 members (excludes halogenated alkanes) is 9. The largest absolute Gasteiger partial charge is 0.494 e. The average molecular weight is 591 g/mol.